The third-order valence-corrected chi connectivity index (χ3v) is 8.57. The van der Waals surface area contributed by atoms with Gasteiger partial charge in [-0.2, -0.15) is 0 Å². The molecule has 0 radical (unpaired) electrons. The van der Waals surface area contributed by atoms with E-state index >= 15 is 0 Å². The largest absolute Gasteiger partial charge is 0.544 e. The van der Waals surface area contributed by atoms with Gasteiger partial charge in [0.05, 0.1) is 7.11 Å². The first-order chi connectivity index (χ1) is 12.4. The molecule has 0 bridgehead atoms. The maximum absolute atomic E-state index is 10.5. The number of aromatic hydroxyl groups is 1. The maximum Gasteiger partial charge on any atom is 0.229 e. The molecular formula is C22H30O3Si. The molecule has 1 aromatic rings. The van der Waals surface area contributed by atoms with Gasteiger partial charge in [-0.1, -0.05) is 12.5 Å². The van der Waals surface area contributed by atoms with Gasteiger partial charge in [0.25, 0.3) is 0 Å². The van der Waals surface area contributed by atoms with Crippen molar-refractivity contribution in [2.75, 3.05) is 7.11 Å². The Morgan fingerprint density at radius 1 is 1.15 bits per heavy atom. The number of ether oxygens (including phenoxy) is 1. The second kappa shape index (κ2) is 5.31. The van der Waals surface area contributed by atoms with Crippen LogP contribution < -0.4 is 9.16 Å². The van der Waals surface area contributed by atoms with Crippen LogP contribution in [-0.4, -0.2) is 21.3 Å². The Balaban J connectivity index is 1.73. The molecule has 2 fully saturated rings. The lowest BCUT2D eigenvalue weighted by atomic mass is 9.59. The number of hydrogen-bond donors (Lipinski definition) is 1. The van der Waals surface area contributed by atoms with Gasteiger partial charge >= 0.3 is 0 Å². The minimum absolute atomic E-state index is 0.226. The number of fused-ring (bicyclic) bond motifs is 2. The third-order valence-electron chi connectivity index (χ3n) is 7.86. The maximum atomic E-state index is 10.5. The minimum atomic E-state index is -1.32. The van der Waals surface area contributed by atoms with Crippen molar-refractivity contribution >= 4 is 14.6 Å². The first-order valence-corrected chi connectivity index (χ1v) is 13.0. The monoisotopic (exact) mass is 370 g/mol. The Labute approximate surface area is 158 Å². The van der Waals surface area contributed by atoms with E-state index in [2.05, 4.69) is 20.0 Å². The molecule has 4 aliphatic carbocycles. The number of benzene rings is 1. The Bertz CT molecular complexity index is 827. The summed E-state index contributed by atoms with van der Waals surface area (Å²) in [7, 11) is 0.321. The van der Waals surface area contributed by atoms with Crippen molar-refractivity contribution in [1.29, 1.82) is 0 Å². The zero-order valence-corrected chi connectivity index (χ0v) is 17.6. The van der Waals surface area contributed by atoms with Gasteiger partial charge in [-0.3, -0.25) is 0 Å². The van der Waals surface area contributed by atoms with Crippen LogP contribution in [0.3, 0.4) is 0 Å². The summed E-state index contributed by atoms with van der Waals surface area (Å²) in [5.41, 5.74) is 6.80. The molecule has 0 aromatic heterocycles. The third kappa shape index (κ3) is 1.94. The molecule has 2 saturated carbocycles. The molecule has 1 N–H and O–H groups in total. The molecular weight excluding hydrogens is 340 g/mol. The number of hydrogen-bond acceptors (Lipinski definition) is 3. The van der Waals surface area contributed by atoms with Crippen LogP contribution in [-0.2, 0) is 6.42 Å². The molecule has 3 atom stereocenters. The fourth-order valence-electron chi connectivity index (χ4n) is 6.70. The van der Waals surface area contributed by atoms with Gasteiger partial charge in [0.15, 0.2) is 11.5 Å². The van der Waals surface area contributed by atoms with E-state index in [0.717, 1.165) is 24.5 Å². The average molecular weight is 371 g/mol. The van der Waals surface area contributed by atoms with Gasteiger partial charge < -0.3 is 14.3 Å². The molecule has 5 rings (SSSR count). The molecule has 1 spiro atoms. The minimum Gasteiger partial charge on any atom is -0.544 e. The van der Waals surface area contributed by atoms with E-state index in [-0.39, 0.29) is 5.75 Å². The molecule has 0 aliphatic heterocycles. The predicted molar refractivity (Wildman–Crippen MR) is 107 cm³/mol. The van der Waals surface area contributed by atoms with Crippen LogP contribution >= 0.6 is 0 Å². The SMILES string of the molecule is COc1c(O)cc2c(c1O[SiH](C)C)C1=C(CC2)[C@]23C[C@H]2CC[C@@]3(C)CC1. The molecule has 140 valence electrons. The fourth-order valence-corrected chi connectivity index (χ4v) is 7.39. The highest BCUT2D eigenvalue weighted by Crippen LogP contribution is 2.80. The van der Waals surface area contributed by atoms with E-state index < -0.39 is 9.04 Å². The summed E-state index contributed by atoms with van der Waals surface area (Å²) >= 11 is 0. The number of phenolic OH excluding ortho intramolecular Hbond substituents is 1. The van der Waals surface area contributed by atoms with Crippen molar-refractivity contribution in [3.63, 3.8) is 0 Å². The normalized spacial score (nSPS) is 34.1. The second-order valence-corrected chi connectivity index (χ2v) is 11.7. The quantitative estimate of drug-likeness (QED) is 0.756. The molecule has 0 saturated heterocycles. The van der Waals surface area contributed by atoms with E-state index in [4.69, 9.17) is 9.16 Å². The van der Waals surface area contributed by atoms with E-state index in [1.165, 1.54) is 48.8 Å². The van der Waals surface area contributed by atoms with Crippen molar-refractivity contribution in [3.8, 4) is 17.2 Å². The van der Waals surface area contributed by atoms with Crippen molar-refractivity contribution in [2.45, 2.75) is 65.0 Å². The summed E-state index contributed by atoms with van der Waals surface area (Å²) in [4.78, 5) is 0. The van der Waals surface area contributed by atoms with Crippen LogP contribution in [0.2, 0.25) is 13.1 Å². The Morgan fingerprint density at radius 2 is 1.96 bits per heavy atom. The van der Waals surface area contributed by atoms with E-state index in [9.17, 15) is 5.11 Å². The fraction of sp³-hybridized carbons (Fsp3) is 0.636. The van der Waals surface area contributed by atoms with Gasteiger partial charge in [0, 0.05) is 11.0 Å². The van der Waals surface area contributed by atoms with Crippen LogP contribution in [0.4, 0.5) is 0 Å². The van der Waals surface area contributed by atoms with E-state index in [1.54, 1.807) is 12.7 Å². The summed E-state index contributed by atoms with van der Waals surface area (Å²) in [6, 6.07) is 1.93. The number of aryl methyl sites for hydroxylation is 1. The number of rotatable bonds is 3. The smallest absolute Gasteiger partial charge is 0.229 e. The topological polar surface area (TPSA) is 38.7 Å². The zero-order chi connectivity index (χ0) is 18.3. The van der Waals surface area contributed by atoms with Gasteiger partial charge in [-0.05, 0) is 86.6 Å². The standard InChI is InChI=1S/C22H30O3Si/c1-21-9-7-14-12-22(14,21)16-6-5-13-11-17(23)19(24-2)20(25-26(3)4)18(13)15(16)8-10-21/h11,14,23,26H,5-10,12H2,1-4H3/t14-,21+,22+/m1/s1. The summed E-state index contributed by atoms with van der Waals surface area (Å²) in [5.74, 6) is 2.50. The van der Waals surface area contributed by atoms with E-state index in [1.807, 2.05) is 6.07 Å². The van der Waals surface area contributed by atoms with Crippen LogP contribution in [0, 0.1) is 16.7 Å². The van der Waals surface area contributed by atoms with Crippen molar-refractivity contribution in [2.24, 2.45) is 16.7 Å². The van der Waals surface area contributed by atoms with Gasteiger partial charge in [0.2, 0.25) is 14.8 Å². The predicted octanol–water partition coefficient (Wildman–Crippen LogP) is 5.06. The van der Waals surface area contributed by atoms with Crippen LogP contribution in [0.25, 0.3) is 5.57 Å². The van der Waals surface area contributed by atoms with Crippen molar-refractivity contribution in [1.82, 2.24) is 0 Å². The molecule has 1 aromatic carbocycles. The lowest BCUT2D eigenvalue weighted by Crippen LogP contribution is -2.34. The van der Waals surface area contributed by atoms with Crippen molar-refractivity contribution < 1.29 is 14.3 Å². The molecule has 4 heteroatoms. The molecule has 0 amide bonds. The second-order valence-electron chi connectivity index (χ2n) is 9.39. The molecule has 26 heavy (non-hydrogen) atoms. The summed E-state index contributed by atoms with van der Waals surface area (Å²) < 4.78 is 12.0. The number of phenols is 1. The lowest BCUT2D eigenvalue weighted by molar-refractivity contribution is 0.180. The molecule has 3 nitrogen and oxygen atoms in total. The van der Waals surface area contributed by atoms with E-state index in [0.29, 0.717) is 16.6 Å². The Morgan fingerprint density at radius 3 is 2.65 bits per heavy atom. The lowest BCUT2D eigenvalue weighted by Gasteiger charge is -2.45. The Kier molecular flexibility index (Phi) is 3.42. The highest BCUT2D eigenvalue weighted by atomic mass is 28.3. The summed E-state index contributed by atoms with van der Waals surface area (Å²) in [6.07, 6.45) is 8.86. The van der Waals surface area contributed by atoms with Crippen LogP contribution in [0.15, 0.2) is 11.6 Å². The Hall–Kier alpha value is -1.42. The van der Waals surface area contributed by atoms with Crippen molar-refractivity contribution in [3.05, 3.63) is 22.8 Å². The number of methoxy groups -OCH3 is 1. The molecule has 0 unspecified atom stereocenters. The highest BCUT2D eigenvalue weighted by Gasteiger charge is 2.70. The molecule has 4 aliphatic rings. The highest BCUT2D eigenvalue weighted by molar-refractivity contribution is 6.49. The van der Waals surface area contributed by atoms with Gasteiger partial charge in [-0.15, -0.1) is 0 Å². The van der Waals surface area contributed by atoms with Gasteiger partial charge in [-0.25, -0.2) is 0 Å². The van der Waals surface area contributed by atoms with Crippen LogP contribution in [0.5, 0.6) is 17.2 Å². The average Bonchev–Trinajstić information content (AvgIpc) is 3.25. The van der Waals surface area contributed by atoms with Gasteiger partial charge in [0.1, 0.15) is 0 Å². The summed E-state index contributed by atoms with van der Waals surface area (Å²) in [6.45, 7) is 6.91. The number of allylic oxidation sites excluding steroid dienone is 2. The summed E-state index contributed by atoms with van der Waals surface area (Å²) in [5, 5.41) is 10.5. The zero-order valence-electron chi connectivity index (χ0n) is 16.4. The first-order valence-electron chi connectivity index (χ1n) is 10.2. The van der Waals surface area contributed by atoms with Crippen LogP contribution in [0.1, 0.15) is 56.6 Å². The molecule has 0 heterocycles. The first kappa shape index (κ1) is 16.7.